The maximum absolute atomic E-state index is 13.9. The molecule has 1 aromatic heterocycles. The zero-order valence-electron chi connectivity index (χ0n) is 18.9. The topological polar surface area (TPSA) is 36.1 Å². The van der Waals surface area contributed by atoms with Crippen LogP contribution in [-0.4, -0.2) is 22.3 Å². The van der Waals surface area contributed by atoms with E-state index in [0.717, 1.165) is 42.1 Å². The van der Waals surface area contributed by atoms with Gasteiger partial charge in [0, 0.05) is 38.2 Å². The standard InChI is InChI=1S/C29H26BrClN2O/c30-22-9-10-26-25(18-22)24-13-16-33(28(34)21-7-4-8-23(31)17-21)29(27(24)32-26)14-11-20(12-15-29)19-5-2-1-3-6-19/h1-10,17-18,20,32H,11-16H2. The number of amides is 1. The fourth-order valence-corrected chi connectivity index (χ4v) is 6.75. The van der Waals surface area contributed by atoms with E-state index < -0.39 is 0 Å². The van der Waals surface area contributed by atoms with Crippen LogP contribution >= 0.6 is 27.5 Å². The number of fused-ring (bicyclic) bond motifs is 4. The molecule has 1 fully saturated rings. The van der Waals surface area contributed by atoms with Crippen LogP contribution in [-0.2, 0) is 12.0 Å². The van der Waals surface area contributed by atoms with Crippen LogP contribution in [0.25, 0.3) is 10.9 Å². The Bertz CT molecular complexity index is 1370. The van der Waals surface area contributed by atoms with Gasteiger partial charge < -0.3 is 9.88 Å². The van der Waals surface area contributed by atoms with E-state index in [0.29, 0.717) is 23.0 Å². The lowest BCUT2D eigenvalue weighted by Crippen LogP contribution is -2.55. The van der Waals surface area contributed by atoms with Crippen LogP contribution in [0.3, 0.4) is 0 Å². The van der Waals surface area contributed by atoms with Crippen LogP contribution < -0.4 is 0 Å². The highest BCUT2D eigenvalue weighted by Gasteiger charge is 2.49. The van der Waals surface area contributed by atoms with Crippen LogP contribution in [0.4, 0.5) is 0 Å². The number of benzene rings is 3. The number of hydrogen-bond acceptors (Lipinski definition) is 1. The normalized spacial score (nSPS) is 22.2. The molecule has 2 heterocycles. The molecule has 34 heavy (non-hydrogen) atoms. The van der Waals surface area contributed by atoms with E-state index in [-0.39, 0.29) is 11.4 Å². The fourth-order valence-electron chi connectivity index (χ4n) is 6.20. The number of halogens is 2. The molecule has 6 rings (SSSR count). The van der Waals surface area contributed by atoms with Crippen molar-refractivity contribution in [2.75, 3.05) is 6.54 Å². The van der Waals surface area contributed by atoms with Crippen molar-refractivity contribution < 1.29 is 4.79 Å². The average molecular weight is 534 g/mol. The van der Waals surface area contributed by atoms with E-state index in [1.807, 2.05) is 18.2 Å². The molecule has 4 aromatic rings. The van der Waals surface area contributed by atoms with Gasteiger partial charge in [-0.2, -0.15) is 0 Å². The van der Waals surface area contributed by atoms with Crippen molar-refractivity contribution in [1.82, 2.24) is 9.88 Å². The smallest absolute Gasteiger partial charge is 0.254 e. The molecule has 1 saturated carbocycles. The lowest BCUT2D eigenvalue weighted by atomic mass is 9.69. The first-order valence-corrected chi connectivity index (χ1v) is 13.2. The minimum Gasteiger partial charge on any atom is -0.356 e. The molecule has 1 spiro atoms. The van der Waals surface area contributed by atoms with E-state index >= 15 is 0 Å². The van der Waals surface area contributed by atoms with Crippen LogP contribution in [0.5, 0.6) is 0 Å². The number of aromatic nitrogens is 1. The van der Waals surface area contributed by atoms with Gasteiger partial charge in [0.1, 0.15) is 0 Å². The van der Waals surface area contributed by atoms with E-state index in [4.69, 9.17) is 11.6 Å². The van der Waals surface area contributed by atoms with E-state index in [2.05, 4.69) is 74.3 Å². The molecule has 3 aromatic carbocycles. The van der Waals surface area contributed by atoms with Crippen LogP contribution in [0, 0.1) is 0 Å². The van der Waals surface area contributed by atoms with Gasteiger partial charge in [0.25, 0.3) is 5.91 Å². The minimum absolute atomic E-state index is 0.0751. The van der Waals surface area contributed by atoms with Crippen molar-refractivity contribution in [2.45, 2.75) is 43.6 Å². The van der Waals surface area contributed by atoms with E-state index in [1.165, 1.54) is 22.2 Å². The van der Waals surface area contributed by atoms with Crippen LogP contribution in [0.2, 0.25) is 5.02 Å². The molecule has 0 unspecified atom stereocenters. The number of carbonyl (C=O) groups excluding carboxylic acids is 1. The molecule has 5 heteroatoms. The molecule has 3 nitrogen and oxygen atoms in total. The highest BCUT2D eigenvalue weighted by molar-refractivity contribution is 9.10. The van der Waals surface area contributed by atoms with Crippen molar-refractivity contribution >= 4 is 44.3 Å². The second-order valence-corrected chi connectivity index (χ2v) is 11.0. The summed E-state index contributed by atoms with van der Waals surface area (Å²) in [4.78, 5) is 19.8. The number of aromatic amines is 1. The number of H-pyrrole nitrogens is 1. The lowest BCUT2D eigenvalue weighted by Gasteiger charge is -2.50. The summed E-state index contributed by atoms with van der Waals surface area (Å²) in [6.07, 6.45) is 4.85. The molecule has 1 amide bonds. The van der Waals surface area contributed by atoms with Crippen molar-refractivity contribution in [1.29, 1.82) is 0 Å². The van der Waals surface area contributed by atoms with Crippen LogP contribution in [0.1, 0.15) is 58.8 Å². The third-order valence-corrected chi connectivity index (χ3v) is 8.56. The maximum atomic E-state index is 13.9. The largest absolute Gasteiger partial charge is 0.356 e. The summed E-state index contributed by atoms with van der Waals surface area (Å²) in [5, 5.41) is 1.87. The molecule has 0 atom stereocenters. The monoisotopic (exact) mass is 532 g/mol. The zero-order valence-corrected chi connectivity index (χ0v) is 21.2. The number of nitrogens with zero attached hydrogens (tertiary/aromatic N) is 1. The molecule has 1 aliphatic heterocycles. The van der Waals surface area contributed by atoms with Gasteiger partial charge in [0.15, 0.2) is 0 Å². The van der Waals surface area contributed by atoms with Crippen molar-refractivity contribution in [3.63, 3.8) is 0 Å². The highest BCUT2D eigenvalue weighted by atomic mass is 79.9. The molecule has 1 aliphatic carbocycles. The van der Waals surface area contributed by atoms with Crippen molar-refractivity contribution in [3.05, 3.63) is 105 Å². The molecule has 172 valence electrons. The second kappa shape index (κ2) is 8.58. The van der Waals surface area contributed by atoms with Gasteiger partial charge in [-0.3, -0.25) is 4.79 Å². The first kappa shape index (κ1) is 21.9. The molecular formula is C29H26BrClN2O. The Hall–Kier alpha value is -2.56. The number of hydrogen-bond donors (Lipinski definition) is 1. The number of carbonyl (C=O) groups is 1. The summed E-state index contributed by atoms with van der Waals surface area (Å²) in [6.45, 7) is 0.716. The van der Waals surface area contributed by atoms with Gasteiger partial charge in [0.2, 0.25) is 0 Å². The highest BCUT2D eigenvalue weighted by Crippen LogP contribution is 2.51. The van der Waals surface area contributed by atoms with E-state index in [1.54, 1.807) is 6.07 Å². The number of rotatable bonds is 2. The second-order valence-electron chi connectivity index (χ2n) is 9.60. The van der Waals surface area contributed by atoms with E-state index in [9.17, 15) is 4.79 Å². The molecular weight excluding hydrogens is 508 g/mol. The van der Waals surface area contributed by atoms with Crippen molar-refractivity contribution in [2.24, 2.45) is 0 Å². The Morgan fingerprint density at radius 2 is 1.79 bits per heavy atom. The Morgan fingerprint density at radius 3 is 2.56 bits per heavy atom. The van der Waals surface area contributed by atoms with Gasteiger partial charge in [-0.25, -0.2) is 0 Å². The first-order chi connectivity index (χ1) is 16.5. The predicted octanol–water partition coefficient (Wildman–Crippen LogP) is 7.84. The zero-order chi connectivity index (χ0) is 23.3. The molecule has 2 aliphatic rings. The van der Waals surface area contributed by atoms with Gasteiger partial charge in [-0.1, -0.05) is 63.9 Å². The fraction of sp³-hybridized carbons (Fsp3) is 0.276. The summed E-state index contributed by atoms with van der Waals surface area (Å²) < 4.78 is 1.08. The summed E-state index contributed by atoms with van der Waals surface area (Å²) in [5.74, 6) is 0.602. The molecule has 0 saturated heterocycles. The predicted molar refractivity (Wildman–Crippen MR) is 142 cm³/mol. The molecule has 1 N–H and O–H groups in total. The minimum atomic E-state index is -0.330. The SMILES string of the molecule is O=C(c1cccc(Cl)c1)N1CCc2c([nH]c3ccc(Br)cc23)C12CCC(c1ccccc1)CC2. The Labute approximate surface area is 213 Å². The third kappa shape index (κ3) is 3.59. The summed E-state index contributed by atoms with van der Waals surface area (Å²) in [7, 11) is 0. The molecule has 0 radical (unpaired) electrons. The van der Waals surface area contributed by atoms with Gasteiger partial charge in [-0.15, -0.1) is 0 Å². The summed E-state index contributed by atoms with van der Waals surface area (Å²) >= 11 is 9.91. The first-order valence-electron chi connectivity index (χ1n) is 12.0. The third-order valence-electron chi connectivity index (χ3n) is 7.84. The maximum Gasteiger partial charge on any atom is 0.254 e. The van der Waals surface area contributed by atoms with Crippen molar-refractivity contribution in [3.8, 4) is 0 Å². The van der Waals surface area contributed by atoms with Gasteiger partial charge in [-0.05, 0) is 85.5 Å². The molecule has 0 bridgehead atoms. The van der Waals surface area contributed by atoms with Gasteiger partial charge >= 0.3 is 0 Å². The number of nitrogens with one attached hydrogen (secondary N) is 1. The Morgan fingerprint density at radius 1 is 1.00 bits per heavy atom. The lowest BCUT2D eigenvalue weighted by molar-refractivity contribution is 0.0226. The Balaban J connectivity index is 1.44. The summed E-state index contributed by atoms with van der Waals surface area (Å²) in [6, 6.07) is 24.6. The quantitative estimate of drug-likeness (QED) is 0.280. The van der Waals surface area contributed by atoms with Gasteiger partial charge in [0.05, 0.1) is 5.54 Å². The Kier molecular flexibility index (Phi) is 5.54. The summed E-state index contributed by atoms with van der Waals surface area (Å²) in [5.41, 5.74) is 5.48. The average Bonchev–Trinajstić information content (AvgIpc) is 3.24. The van der Waals surface area contributed by atoms with Crippen LogP contribution in [0.15, 0.2) is 77.3 Å².